The third-order valence-corrected chi connectivity index (χ3v) is 4.00. The van der Waals surface area contributed by atoms with Crippen LogP contribution in [0.25, 0.3) is 0 Å². The van der Waals surface area contributed by atoms with E-state index in [1.54, 1.807) is 12.1 Å². The van der Waals surface area contributed by atoms with E-state index >= 15 is 0 Å². The lowest BCUT2D eigenvalue weighted by atomic mass is 9.86. The van der Waals surface area contributed by atoms with Gasteiger partial charge in [0.05, 0.1) is 0 Å². The van der Waals surface area contributed by atoms with Crippen molar-refractivity contribution in [2.45, 2.75) is 25.3 Å². The maximum atomic E-state index is 6.41. The van der Waals surface area contributed by atoms with Crippen LogP contribution in [0.15, 0.2) is 48.5 Å². The Bertz CT molecular complexity index is 540. The average Bonchev–Trinajstić information content (AvgIpc) is 2.43. The molecule has 0 radical (unpaired) electrons. The zero-order valence-corrected chi connectivity index (χ0v) is 12.3. The Morgan fingerprint density at radius 1 is 1.05 bits per heavy atom. The smallest absolute Gasteiger partial charge is 0.0454 e. The van der Waals surface area contributed by atoms with Crippen LogP contribution in [0.2, 0.25) is 10.0 Å². The molecular weight excluding hydrogens is 277 g/mol. The molecule has 0 amide bonds. The Morgan fingerprint density at radius 3 is 2.37 bits per heavy atom. The molecule has 2 rings (SSSR count). The van der Waals surface area contributed by atoms with E-state index in [1.165, 1.54) is 5.56 Å². The van der Waals surface area contributed by atoms with Crippen molar-refractivity contribution in [2.75, 3.05) is 0 Å². The molecule has 0 spiro atoms. The summed E-state index contributed by atoms with van der Waals surface area (Å²) in [5, 5.41) is 1.34. The Kier molecular flexibility index (Phi) is 4.87. The molecule has 2 N–H and O–H groups in total. The van der Waals surface area contributed by atoms with E-state index in [4.69, 9.17) is 28.9 Å². The summed E-state index contributed by atoms with van der Waals surface area (Å²) in [6.07, 6.45) is 0.952. The van der Waals surface area contributed by atoms with E-state index in [9.17, 15) is 0 Å². The van der Waals surface area contributed by atoms with Gasteiger partial charge in [-0.2, -0.15) is 0 Å². The fourth-order valence-electron chi connectivity index (χ4n) is 2.38. The molecule has 19 heavy (non-hydrogen) atoms. The van der Waals surface area contributed by atoms with Gasteiger partial charge in [-0.05, 0) is 35.7 Å². The highest BCUT2D eigenvalue weighted by atomic mass is 35.5. The number of rotatable bonds is 4. The minimum atomic E-state index is -0.154. The lowest BCUT2D eigenvalue weighted by Gasteiger charge is -2.24. The molecule has 2 aromatic carbocycles. The largest absolute Gasteiger partial charge is 0.323 e. The molecule has 0 aliphatic rings. The van der Waals surface area contributed by atoms with E-state index < -0.39 is 0 Å². The van der Waals surface area contributed by atoms with Gasteiger partial charge in [0.1, 0.15) is 0 Å². The summed E-state index contributed by atoms with van der Waals surface area (Å²) in [6.45, 7) is 2.13. The van der Waals surface area contributed by atoms with Gasteiger partial charge in [-0.25, -0.2) is 0 Å². The molecule has 2 unspecified atom stereocenters. The Labute approximate surface area is 124 Å². The van der Waals surface area contributed by atoms with Gasteiger partial charge in [-0.1, -0.05) is 60.5 Å². The molecule has 1 nitrogen and oxygen atoms in total. The SMILES string of the molecule is CCC(c1ccccc1)C(N)c1cc(Cl)ccc1Cl. The summed E-state index contributed by atoms with van der Waals surface area (Å²) in [6, 6.07) is 15.6. The minimum Gasteiger partial charge on any atom is -0.323 e. The summed E-state index contributed by atoms with van der Waals surface area (Å²) in [4.78, 5) is 0. The molecule has 0 fully saturated rings. The second-order valence-electron chi connectivity index (χ2n) is 4.62. The molecule has 0 aromatic heterocycles. The lowest BCUT2D eigenvalue weighted by molar-refractivity contribution is 0.539. The van der Waals surface area contributed by atoms with Crippen molar-refractivity contribution < 1.29 is 0 Å². The van der Waals surface area contributed by atoms with Crippen LogP contribution < -0.4 is 5.73 Å². The predicted octanol–water partition coefficient (Wildman–Crippen LogP) is 5.19. The van der Waals surface area contributed by atoms with Gasteiger partial charge in [0.25, 0.3) is 0 Å². The number of benzene rings is 2. The van der Waals surface area contributed by atoms with Crippen molar-refractivity contribution in [3.05, 3.63) is 69.7 Å². The first-order valence-corrected chi connectivity index (χ1v) is 7.14. The van der Waals surface area contributed by atoms with Gasteiger partial charge in [0.15, 0.2) is 0 Å². The molecule has 3 heteroatoms. The van der Waals surface area contributed by atoms with Crippen molar-refractivity contribution in [3.63, 3.8) is 0 Å². The van der Waals surface area contributed by atoms with Crippen LogP contribution >= 0.6 is 23.2 Å². The number of hydrogen-bond acceptors (Lipinski definition) is 1. The second-order valence-corrected chi connectivity index (χ2v) is 5.46. The van der Waals surface area contributed by atoms with Crippen molar-refractivity contribution in [3.8, 4) is 0 Å². The molecule has 0 heterocycles. The third-order valence-electron chi connectivity index (χ3n) is 3.42. The number of hydrogen-bond donors (Lipinski definition) is 1. The minimum absolute atomic E-state index is 0.154. The van der Waals surface area contributed by atoms with E-state index in [2.05, 4.69) is 19.1 Å². The monoisotopic (exact) mass is 293 g/mol. The summed E-state index contributed by atoms with van der Waals surface area (Å²) in [5.74, 6) is 0.233. The molecule has 0 bridgehead atoms. The van der Waals surface area contributed by atoms with Crippen LogP contribution in [0.4, 0.5) is 0 Å². The molecule has 0 saturated heterocycles. The molecule has 0 aliphatic carbocycles. The lowest BCUT2D eigenvalue weighted by Crippen LogP contribution is -2.20. The summed E-state index contributed by atoms with van der Waals surface area (Å²) in [5.41, 5.74) is 8.55. The van der Waals surface area contributed by atoms with Crippen molar-refractivity contribution in [2.24, 2.45) is 5.73 Å². The van der Waals surface area contributed by atoms with Crippen molar-refractivity contribution >= 4 is 23.2 Å². The summed E-state index contributed by atoms with van der Waals surface area (Å²) >= 11 is 12.3. The molecule has 100 valence electrons. The second kappa shape index (κ2) is 6.42. The highest BCUT2D eigenvalue weighted by molar-refractivity contribution is 6.33. The Balaban J connectivity index is 2.36. The van der Waals surface area contributed by atoms with Crippen LogP contribution in [-0.2, 0) is 0 Å². The van der Waals surface area contributed by atoms with Gasteiger partial charge in [-0.15, -0.1) is 0 Å². The van der Waals surface area contributed by atoms with Gasteiger partial charge in [-0.3, -0.25) is 0 Å². The van der Waals surface area contributed by atoms with Crippen LogP contribution in [0.3, 0.4) is 0 Å². The first-order chi connectivity index (χ1) is 9.13. The predicted molar refractivity (Wildman–Crippen MR) is 82.9 cm³/mol. The van der Waals surface area contributed by atoms with E-state index in [1.807, 2.05) is 24.3 Å². The van der Waals surface area contributed by atoms with E-state index in [0.29, 0.717) is 10.0 Å². The standard InChI is InChI=1S/C16H17Cl2N/c1-2-13(11-6-4-3-5-7-11)16(19)14-10-12(17)8-9-15(14)18/h3-10,13,16H,2,19H2,1H3. The zero-order valence-electron chi connectivity index (χ0n) is 10.8. The highest BCUT2D eigenvalue weighted by Gasteiger charge is 2.21. The summed E-state index contributed by atoms with van der Waals surface area (Å²) < 4.78 is 0. The number of halogens is 2. The van der Waals surface area contributed by atoms with E-state index in [-0.39, 0.29) is 12.0 Å². The first kappa shape index (κ1) is 14.4. The van der Waals surface area contributed by atoms with Gasteiger partial charge in [0.2, 0.25) is 0 Å². The van der Waals surface area contributed by atoms with Crippen molar-refractivity contribution in [1.29, 1.82) is 0 Å². The van der Waals surface area contributed by atoms with Gasteiger partial charge < -0.3 is 5.73 Å². The fourth-order valence-corrected chi connectivity index (χ4v) is 2.81. The normalized spacial score (nSPS) is 14.1. The van der Waals surface area contributed by atoms with Crippen LogP contribution in [0, 0.1) is 0 Å². The Hall–Kier alpha value is -1.02. The fraction of sp³-hybridized carbons (Fsp3) is 0.250. The van der Waals surface area contributed by atoms with Crippen molar-refractivity contribution in [1.82, 2.24) is 0 Å². The molecular formula is C16H17Cl2N. The maximum absolute atomic E-state index is 6.41. The number of nitrogens with two attached hydrogens (primary N) is 1. The molecule has 2 atom stereocenters. The third kappa shape index (κ3) is 3.30. The van der Waals surface area contributed by atoms with E-state index in [0.717, 1.165) is 12.0 Å². The van der Waals surface area contributed by atoms with Crippen LogP contribution in [0.5, 0.6) is 0 Å². The average molecular weight is 294 g/mol. The molecule has 2 aromatic rings. The topological polar surface area (TPSA) is 26.0 Å². The maximum Gasteiger partial charge on any atom is 0.0454 e. The first-order valence-electron chi connectivity index (χ1n) is 6.39. The zero-order chi connectivity index (χ0) is 13.8. The van der Waals surface area contributed by atoms with Gasteiger partial charge in [0, 0.05) is 22.0 Å². The van der Waals surface area contributed by atoms with Gasteiger partial charge >= 0.3 is 0 Å². The quantitative estimate of drug-likeness (QED) is 0.825. The highest BCUT2D eigenvalue weighted by Crippen LogP contribution is 2.36. The molecule has 0 saturated carbocycles. The van der Waals surface area contributed by atoms with Crippen LogP contribution in [0.1, 0.15) is 36.4 Å². The summed E-state index contributed by atoms with van der Waals surface area (Å²) in [7, 11) is 0. The Morgan fingerprint density at radius 2 is 1.74 bits per heavy atom. The molecule has 0 aliphatic heterocycles. The van der Waals surface area contributed by atoms with Crippen LogP contribution in [-0.4, -0.2) is 0 Å².